The minimum Gasteiger partial charge on any atom is -0.480 e. The highest BCUT2D eigenvalue weighted by Gasteiger charge is 2.22. The van der Waals surface area contributed by atoms with Crippen molar-refractivity contribution >= 4 is 15.8 Å². The summed E-state index contributed by atoms with van der Waals surface area (Å²) in [5, 5.41) is 8.64. The summed E-state index contributed by atoms with van der Waals surface area (Å²) in [5.74, 6) is -2.17. The highest BCUT2D eigenvalue weighted by Crippen LogP contribution is 2.20. The molecule has 0 fully saturated rings. The van der Waals surface area contributed by atoms with Crippen LogP contribution in [0.15, 0.2) is 23.1 Å². The Bertz CT molecular complexity index is 541. The van der Waals surface area contributed by atoms with E-state index in [-0.39, 0.29) is 12.0 Å². The van der Waals surface area contributed by atoms with E-state index < -0.39 is 32.6 Å². The van der Waals surface area contributed by atoms with Gasteiger partial charge in [0.1, 0.15) is 16.8 Å². The molecular formula is C10H12FNO4S. The first-order chi connectivity index (χ1) is 7.73. The number of carbonyl (C=O) groups is 1. The molecule has 1 rings (SSSR count). The summed E-state index contributed by atoms with van der Waals surface area (Å²) in [7, 11) is -3.76. The molecule has 0 aromatic heterocycles. The van der Waals surface area contributed by atoms with Gasteiger partial charge >= 0.3 is 5.97 Å². The molecule has 5 nitrogen and oxygen atoms in total. The number of carboxylic acid groups (broad SMARTS) is 1. The molecular weight excluding hydrogens is 249 g/mol. The molecule has 1 unspecified atom stereocenters. The third-order valence-corrected chi connectivity index (χ3v) is 3.38. The highest BCUT2D eigenvalue weighted by molar-refractivity contribution is 7.90. The Labute approximate surface area is 98.0 Å². The molecule has 0 radical (unpaired) electrons. The molecule has 0 spiro atoms. The number of rotatable bonds is 4. The highest BCUT2D eigenvalue weighted by atomic mass is 32.2. The van der Waals surface area contributed by atoms with Crippen molar-refractivity contribution in [1.82, 2.24) is 0 Å². The summed E-state index contributed by atoms with van der Waals surface area (Å²) in [6.45, 7) is 0. The molecule has 0 aliphatic heterocycles. The quantitative estimate of drug-likeness (QED) is 0.806. The predicted octanol–water partition coefficient (Wildman–Crippen LogP) is 0.184. The molecule has 1 atom stereocenters. The van der Waals surface area contributed by atoms with Gasteiger partial charge in [-0.25, -0.2) is 12.8 Å². The molecule has 0 amide bonds. The van der Waals surface area contributed by atoms with Crippen LogP contribution in [0.3, 0.4) is 0 Å². The first kappa shape index (κ1) is 13.6. The van der Waals surface area contributed by atoms with Gasteiger partial charge in [-0.05, 0) is 18.1 Å². The van der Waals surface area contributed by atoms with Crippen LogP contribution in [0.2, 0.25) is 0 Å². The molecule has 0 bridgehead atoms. The van der Waals surface area contributed by atoms with Crippen molar-refractivity contribution in [1.29, 1.82) is 0 Å². The molecule has 1 aromatic carbocycles. The van der Waals surface area contributed by atoms with Crippen molar-refractivity contribution in [2.75, 3.05) is 6.26 Å². The molecule has 1 aromatic rings. The number of nitrogens with two attached hydrogens (primary N) is 1. The molecule has 94 valence electrons. The van der Waals surface area contributed by atoms with Gasteiger partial charge in [0.2, 0.25) is 0 Å². The van der Waals surface area contributed by atoms with Crippen LogP contribution >= 0.6 is 0 Å². The molecule has 7 heteroatoms. The Kier molecular flexibility index (Phi) is 3.84. The molecule has 0 saturated heterocycles. The van der Waals surface area contributed by atoms with Gasteiger partial charge in [-0.1, -0.05) is 12.1 Å². The van der Waals surface area contributed by atoms with Gasteiger partial charge in [0.05, 0.1) is 0 Å². The Morgan fingerprint density at radius 2 is 2.12 bits per heavy atom. The zero-order valence-electron chi connectivity index (χ0n) is 9.05. The van der Waals surface area contributed by atoms with Crippen molar-refractivity contribution in [3.63, 3.8) is 0 Å². The average Bonchev–Trinajstić information content (AvgIpc) is 2.15. The zero-order chi connectivity index (χ0) is 13.2. The Hall–Kier alpha value is -1.47. The van der Waals surface area contributed by atoms with Crippen LogP contribution in [0.25, 0.3) is 0 Å². The van der Waals surface area contributed by atoms with Crippen molar-refractivity contribution in [2.24, 2.45) is 5.73 Å². The lowest BCUT2D eigenvalue weighted by molar-refractivity contribution is -0.138. The lowest BCUT2D eigenvalue weighted by atomic mass is 10.1. The Morgan fingerprint density at radius 1 is 1.53 bits per heavy atom. The second kappa shape index (κ2) is 4.80. The van der Waals surface area contributed by atoms with E-state index in [4.69, 9.17) is 10.8 Å². The standard InChI is InChI=1S/C10H12FNO4S/c1-17(15,16)9-6(3-2-4-7(9)11)5-8(12)10(13)14/h2-4,8H,5,12H2,1H3,(H,13,14). The number of benzene rings is 1. The van der Waals surface area contributed by atoms with E-state index in [0.717, 1.165) is 12.3 Å². The lowest BCUT2D eigenvalue weighted by Crippen LogP contribution is -2.32. The van der Waals surface area contributed by atoms with Crippen molar-refractivity contribution in [3.05, 3.63) is 29.6 Å². The van der Waals surface area contributed by atoms with E-state index in [1.54, 1.807) is 0 Å². The molecule has 17 heavy (non-hydrogen) atoms. The van der Waals surface area contributed by atoms with Crippen LogP contribution in [0.5, 0.6) is 0 Å². The van der Waals surface area contributed by atoms with E-state index >= 15 is 0 Å². The Morgan fingerprint density at radius 3 is 2.59 bits per heavy atom. The van der Waals surface area contributed by atoms with E-state index in [1.807, 2.05) is 0 Å². The minimum atomic E-state index is -3.76. The van der Waals surface area contributed by atoms with Crippen LogP contribution in [0.4, 0.5) is 4.39 Å². The lowest BCUT2D eigenvalue weighted by Gasteiger charge is -2.11. The van der Waals surface area contributed by atoms with E-state index in [2.05, 4.69) is 0 Å². The predicted molar refractivity (Wildman–Crippen MR) is 58.8 cm³/mol. The number of hydrogen-bond acceptors (Lipinski definition) is 4. The third kappa shape index (κ3) is 3.24. The second-order valence-corrected chi connectivity index (χ2v) is 5.60. The van der Waals surface area contributed by atoms with Crippen LogP contribution in [-0.2, 0) is 21.1 Å². The molecule has 0 aliphatic rings. The fourth-order valence-electron chi connectivity index (χ4n) is 1.45. The van der Waals surface area contributed by atoms with Crippen molar-refractivity contribution in [2.45, 2.75) is 17.4 Å². The topological polar surface area (TPSA) is 97.5 Å². The van der Waals surface area contributed by atoms with Gasteiger partial charge in [-0.3, -0.25) is 4.79 Å². The third-order valence-electron chi connectivity index (χ3n) is 2.18. The van der Waals surface area contributed by atoms with Crippen molar-refractivity contribution < 1.29 is 22.7 Å². The van der Waals surface area contributed by atoms with Gasteiger partial charge in [0.25, 0.3) is 0 Å². The average molecular weight is 261 g/mol. The number of hydrogen-bond donors (Lipinski definition) is 2. The van der Waals surface area contributed by atoms with Crippen LogP contribution in [-0.4, -0.2) is 31.8 Å². The number of sulfone groups is 1. The summed E-state index contributed by atoms with van der Waals surface area (Å²) < 4.78 is 36.2. The van der Waals surface area contributed by atoms with E-state index in [0.29, 0.717) is 0 Å². The first-order valence-electron chi connectivity index (χ1n) is 4.69. The summed E-state index contributed by atoms with van der Waals surface area (Å²) >= 11 is 0. The van der Waals surface area contributed by atoms with Crippen LogP contribution in [0.1, 0.15) is 5.56 Å². The summed E-state index contributed by atoms with van der Waals surface area (Å²) in [4.78, 5) is 10.1. The fraction of sp³-hybridized carbons (Fsp3) is 0.300. The smallest absolute Gasteiger partial charge is 0.320 e. The van der Waals surface area contributed by atoms with Gasteiger partial charge in [0, 0.05) is 6.26 Å². The van der Waals surface area contributed by atoms with Crippen LogP contribution in [0, 0.1) is 5.82 Å². The normalized spacial score (nSPS) is 13.4. The molecule has 0 aliphatic carbocycles. The number of carboxylic acids is 1. The number of halogens is 1. The fourth-order valence-corrected chi connectivity index (χ4v) is 2.50. The van der Waals surface area contributed by atoms with E-state index in [9.17, 15) is 17.6 Å². The number of aliphatic carboxylic acids is 1. The van der Waals surface area contributed by atoms with E-state index in [1.165, 1.54) is 12.1 Å². The van der Waals surface area contributed by atoms with Crippen molar-refractivity contribution in [3.8, 4) is 0 Å². The first-order valence-corrected chi connectivity index (χ1v) is 6.58. The monoisotopic (exact) mass is 261 g/mol. The van der Waals surface area contributed by atoms with Gasteiger partial charge in [-0.15, -0.1) is 0 Å². The maximum atomic E-state index is 13.4. The Balaban J connectivity index is 3.26. The van der Waals surface area contributed by atoms with Gasteiger partial charge in [-0.2, -0.15) is 0 Å². The molecule has 0 saturated carbocycles. The maximum absolute atomic E-state index is 13.4. The summed E-state index contributed by atoms with van der Waals surface area (Å²) in [6.07, 6.45) is 0.622. The SMILES string of the molecule is CS(=O)(=O)c1c(F)cccc1CC(N)C(=O)O. The van der Waals surface area contributed by atoms with Crippen LogP contribution < -0.4 is 5.73 Å². The summed E-state index contributed by atoms with van der Waals surface area (Å²) in [6, 6.07) is 2.40. The summed E-state index contributed by atoms with van der Waals surface area (Å²) in [5.41, 5.74) is 5.37. The molecule has 3 N–H and O–H groups in total. The van der Waals surface area contributed by atoms with Gasteiger partial charge < -0.3 is 10.8 Å². The molecule has 0 heterocycles. The second-order valence-electron chi connectivity index (χ2n) is 3.65. The van der Waals surface area contributed by atoms with Gasteiger partial charge in [0.15, 0.2) is 9.84 Å². The largest absolute Gasteiger partial charge is 0.480 e. The zero-order valence-corrected chi connectivity index (χ0v) is 9.87. The minimum absolute atomic E-state index is 0.0717. The maximum Gasteiger partial charge on any atom is 0.320 e.